The van der Waals surface area contributed by atoms with Crippen LogP contribution in [0.5, 0.6) is 0 Å². The molecule has 1 aliphatic rings. The second kappa shape index (κ2) is 5.70. The van der Waals surface area contributed by atoms with Gasteiger partial charge in [0.25, 0.3) is 0 Å². The Labute approximate surface area is 105 Å². The van der Waals surface area contributed by atoms with E-state index in [2.05, 4.69) is 43.4 Å². The molecular weight excluding hydrogens is 218 g/mol. The van der Waals surface area contributed by atoms with Gasteiger partial charge >= 0.3 is 0 Å². The van der Waals surface area contributed by atoms with Crippen LogP contribution in [0.25, 0.3) is 0 Å². The van der Waals surface area contributed by atoms with Gasteiger partial charge in [-0.05, 0) is 37.2 Å². The number of benzene rings is 1. The van der Waals surface area contributed by atoms with E-state index >= 15 is 0 Å². The highest BCUT2D eigenvalue weighted by Gasteiger charge is 2.39. The van der Waals surface area contributed by atoms with Crippen molar-refractivity contribution < 1.29 is 0 Å². The van der Waals surface area contributed by atoms with E-state index < -0.39 is 0 Å². The summed E-state index contributed by atoms with van der Waals surface area (Å²) in [5.41, 5.74) is 3.39. The molecule has 90 valence electrons. The summed E-state index contributed by atoms with van der Waals surface area (Å²) in [6.07, 6.45) is 4.17. The van der Waals surface area contributed by atoms with Gasteiger partial charge in [-0.3, -0.25) is 0 Å². The highest BCUT2D eigenvalue weighted by atomic mass is 35.5. The van der Waals surface area contributed by atoms with Crippen LogP contribution >= 0.6 is 12.4 Å². The van der Waals surface area contributed by atoms with Crippen LogP contribution in [-0.4, -0.2) is 6.54 Å². The lowest BCUT2D eigenvalue weighted by Gasteiger charge is -2.13. The van der Waals surface area contributed by atoms with E-state index in [1.54, 1.807) is 0 Å². The summed E-state index contributed by atoms with van der Waals surface area (Å²) >= 11 is 0. The fraction of sp³-hybridized carbons (Fsp3) is 0.571. The fourth-order valence-corrected chi connectivity index (χ4v) is 2.01. The van der Waals surface area contributed by atoms with Crippen LogP contribution in [-0.2, 0) is 6.54 Å². The second-order valence-corrected chi connectivity index (χ2v) is 4.94. The molecular formula is C14H22ClN. The molecule has 0 amide bonds. The molecule has 1 N–H and O–H groups in total. The largest absolute Gasteiger partial charge is 0.312 e. The Hall–Kier alpha value is -0.530. The van der Waals surface area contributed by atoms with Gasteiger partial charge in [-0.15, -0.1) is 12.4 Å². The van der Waals surface area contributed by atoms with Gasteiger partial charge in [0.2, 0.25) is 0 Å². The maximum absolute atomic E-state index is 3.57. The van der Waals surface area contributed by atoms with Gasteiger partial charge < -0.3 is 5.32 Å². The molecule has 0 saturated heterocycles. The Balaban J connectivity index is 0.00000128. The third-order valence-corrected chi connectivity index (χ3v) is 3.66. The smallest absolute Gasteiger partial charge is 0.0205 e. The summed E-state index contributed by atoms with van der Waals surface area (Å²) in [7, 11) is 0. The van der Waals surface area contributed by atoms with Gasteiger partial charge in [0, 0.05) is 13.1 Å². The van der Waals surface area contributed by atoms with Gasteiger partial charge in [0.05, 0.1) is 0 Å². The number of rotatable bonds is 5. The first kappa shape index (κ1) is 13.5. The molecule has 1 aromatic rings. The van der Waals surface area contributed by atoms with Gasteiger partial charge in [-0.25, -0.2) is 0 Å². The Morgan fingerprint density at radius 2 is 1.81 bits per heavy atom. The van der Waals surface area contributed by atoms with Crippen molar-refractivity contribution in [2.24, 2.45) is 5.41 Å². The lowest BCUT2D eigenvalue weighted by molar-refractivity contribution is 0.443. The minimum atomic E-state index is 0. The number of hydrogen-bond donors (Lipinski definition) is 1. The Morgan fingerprint density at radius 1 is 1.19 bits per heavy atom. The van der Waals surface area contributed by atoms with E-state index in [1.165, 1.54) is 36.9 Å². The summed E-state index contributed by atoms with van der Waals surface area (Å²) in [4.78, 5) is 0. The Bertz CT molecular complexity index is 314. The first-order valence-electron chi connectivity index (χ1n) is 6.00. The highest BCUT2D eigenvalue weighted by Crippen LogP contribution is 2.47. The maximum atomic E-state index is 3.57. The minimum absolute atomic E-state index is 0. The van der Waals surface area contributed by atoms with E-state index in [0.717, 1.165) is 6.54 Å². The van der Waals surface area contributed by atoms with Crippen LogP contribution in [0.2, 0.25) is 0 Å². The molecule has 2 heteroatoms. The topological polar surface area (TPSA) is 12.0 Å². The lowest BCUT2D eigenvalue weighted by atomic mass is 10.0. The van der Waals surface area contributed by atoms with Crippen LogP contribution in [0.1, 0.15) is 37.3 Å². The average molecular weight is 240 g/mol. The summed E-state index contributed by atoms with van der Waals surface area (Å²) < 4.78 is 0. The molecule has 1 saturated carbocycles. The van der Waals surface area contributed by atoms with Crippen molar-refractivity contribution in [2.45, 2.75) is 39.7 Å². The molecule has 0 spiro atoms. The molecule has 1 fully saturated rings. The number of aryl methyl sites for hydroxylation is 1. The van der Waals surface area contributed by atoms with Crippen molar-refractivity contribution in [1.82, 2.24) is 5.32 Å². The van der Waals surface area contributed by atoms with E-state index in [1.807, 2.05) is 0 Å². The predicted octanol–water partition coefficient (Wildman–Crippen LogP) is 3.70. The quantitative estimate of drug-likeness (QED) is 0.826. The standard InChI is InChI=1S/C14H21N.ClH/c1-3-14(8-9-14)11-15-10-13-6-4-12(2)5-7-13;/h4-7,15H,3,8-11H2,1-2H3;1H. The molecule has 16 heavy (non-hydrogen) atoms. The second-order valence-electron chi connectivity index (χ2n) is 4.94. The van der Waals surface area contributed by atoms with Gasteiger partial charge in [0.15, 0.2) is 0 Å². The Morgan fingerprint density at radius 3 is 2.31 bits per heavy atom. The normalized spacial score (nSPS) is 16.6. The number of hydrogen-bond acceptors (Lipinski definition) is 1. The van der Waals surface area contributed by atoms with Crippen molar-refractivity contribution >= 4 is 12.4 Å². The predicted molar refractivity (Wildman–Crippen MR) is 72.1 cm³/mol. The molecule has 0 radical (unpaired) electrons. The highest BCUT2D eigenvalue weighted by molar-refractivity contribution is 5.85. The van der Waals surface area contributed by atoms with E-state index in [4.69, 9.17) is 0 Å². The molecule has 0 heterocycles. The first-order valence-corrected chi connectivity index (χ1v) is 6.00. The zero-order valence-electron chi connectivity index (χ0n) is 10.3. The lowest BCUT2D eigenvalue weighted by Crippen LogP contribution is -2.23. The van der Waals surface area contributed by atoms with Crippen LogP contribution < -0.4 is 5.32 Å². The van der Waals surface area contributed by atoms with Crippen molar-refractivity contribution in [3.63, 3.8) is 0 Å². The molecule has 1 nitrogen and oxygen atoms in total. The first-order chi connectivity index (χ1) is 7.24. The Kier molecular flexibility index (Phi) is 4.82. The van der Waals surface area contributed by atoms with Crippen molar-refractivity contribution in [1.29, 1.82) is 0 Å². The molecule has 1 aromatic carbocycles. The summed E-state index contributed by atoms with van der Waals surface area (Å²) in [6.45, 7) is 6.65. The molecule has 0 unspecified atom stereocenters. The van der Waals surface area contributed by atoms with Crippen LogP contribution in [0.4, 0.5) is 0 Å². The molecule has 0 atom stereocenters. The molecule has 0 bridgehead atoms. The van der Waals surface area contributed by atoms with Crippen molar-refractivity contribution in [3.8, 4) is 0 Å². The van der Waals surface area contributed by atoms with Crippen molar-refractivity contribution in [2.75, 3.05) is 6.54 Å². The van der Waals surface area contributed by atoms with Gasteiger partial charge in [-0.2, -0.15) is 0 Å². The van der Waals surface area contributed by atoms with Crippen LogP contribution in [0, 0.1) is 12.3 Å². The molecule has 2 rings (SSSR count). The number of nitrogens with one attached hydrogen (secondary N) is 1. The zero-order chi connectivity index (χ0) is 10.7. The van der Waals surface area contributed by atoms with Crippen LogP contribution in [0.15, 0.2) is 24.3 Å². The van der Waals surface area contributed by atoms with Crippen LogP contribution in [0.3, 0.4) is 0 Å². The van der Waals surface area contributed by atoms with E-state index in [9.17, 15) is 0 Å². The maximum Gasteiger partial charge on any atom is 0.0205 e. The minimum Gasteiger partial charge on any atom is -0.312 e. The summed E-state index contributed by atoms with van der Waals surface area (Å²) in [5, 5.41) is 3.57. The average Bonchev–Trinajstić information content (AvgIpc) is 3.02. The third kappa shape index (κ3) is 3.50. The van der Waals surface area contributed by atoms with E-state index in [0.29, 0.717) is 5.41 Å². The van der Waals surface area contributed by atoms with E-state index in [-0.39, 0.29) is 12.4 Å². The molecule has 1 aliphatic carbocycles. The van der Waals surface area contributed by atoms with Gasteiger partial charge in [-0.1, -0.05) is 36.8 Å². The third-order valence-electron chi connectivity index (χ3n) is 3.66. The fourth-order valence-electron chi connectivity index (χ4n) is 2.01. The van der Waals surface area contributed by atoms with Crippen molar-refractivity contribution in [3.05, 3.63) is 35.4 Å². The summed E-state index contributed by atoms with van der Waals surface area (Å²) in [6, 6.07) is 8.80. The molecule has 0 aromatic heterocycles. The summed E-state index contributed by atoms with van der Waals surface area (Å²) in [5.74, 6) is 0. The van der Waals surface area contributed by atoms with Gasteiger partial charge in [0.1, 0.15) is 0 Å². The monoisotopic (exact) mass is 239 g/mol. The number of halogens is 1. The zero-order valence-corrected chi connectivity index (χ0v) is 11.1. The molecule has 0 aliphatic heterocycles. The SMILES string of the molecule is CCC1(CNCc2ccc(C)cc2)CC1.Cl.